The van der Waals surface area contributed by atoms with Crippen LogP contribution in [0.5, 0.6) is 0 Å². The third-order valence-electron chi connectivity index (χ3n) is 2.74. The lowest BCUT2D eigenvalue weighted by atomic mass is 10.2. The molecule has 0 unspecified atom stereocenters. The van der Waals surface area contributed by atoms with E-state index in [-0.39, 0.29) is 18.0 Å². The number of carbonyl (C=O) groups is 2. The van der Waals surface area contributed by atoms with Crippen LogP contribution < -0.4 is 16.0 Å². The van der Waals surface area contributed by atoms with Gasteiger partial charge in [-0.25, -0.2) is 4.79 Å². The fourth-order valence-corrected chi connectivity index (χ4v) is 1.63. The Morgan fingerprint density at radius 1 is 1.16 bits per heavy atom. The number of hydrogen-bond donors (Lipinski definition) is 3. The number of nitrogens with one attached hydrogen (secondary N) is 3. The van der Waals surface area contributed by atoms with Crippen LogP contribution in [-0.2, 0) is 0 Å². The first-order valence-corrected chi connectivity index (χ1v) is 6.53. The van der Waals surface area contributed by atoms with E-state index in [4.69, 9.17) is 0 Å². The molecule has 102 valence electrons. The van der Waals surface area contributed by atoms with Gasteiger partial charge in [0.1, 0.15) is 0 Å². The van der Waals surface area contributed by atoms with Gasteiger partial charge < -0.3 is 16.0 Å². The number of urea groups is 1. The standard InChI is InChI=1S/C14H19N3O2/c1-9(2)15-14(19)17-12-5-3-10(4-6-12)13(18)16-11-7-8-11/h3-6,9,11H,7-8H2,1-2H3,(H,16,18)(H2,15,17,19). The first kappa shape index (κ1) is 13.4. The summed E-state index contributed by atoms with van der Waals surface area (Å²) in [6.45, 7) is 3.79. The van der Waals surface area contributed by atoms with Crippen LogP contribution in [0.4, 0.5) is 10.5 Å². The van der Waals surface area contributed by atoms with Gasteiger partial charge >= 0.3 is 6.03 Å². The average molecular weight is 261 g/mol. The first-order valence-electron chi connectivity index (χ1n) is 6.53. The second kappa shape index (κ2) is 5.73. The molecule has 1 aliphatic rings. The molecule has 1 aromatic rings. The zero-order chi connectivity index (χ0) is 13.8. The molecule has 0 spiro atoms. The van der Waals surface area contributed by atoms with E-state index < -0.39 is 0 Å². The van der Waals surface area contributed by atoms with E-state index in [0.29, 0.717) is 17.3 Å². The van der Waals surface area contributed by atoms with Crippen LogP contribution in [0.15, 0.2) is 24.3 Å². The molecular formula is C14H19N3O2. The van der Waals surface area contributed by atoms with Crippen molar-refractivity contribution in [2.75, 3.05) is 5.32 Å². The van der Waals surface area contributed by atoms with Crippen LogP contribution in [0.3, 0.4) is 0 Å². The molecule has 5 heteroatoms. The van der Waals surface area contributed by atoms with E-state index in [1.165, 1.54) is 0 Å². The third kappa shape index (κ3) is 4.28. The quantitative estimate of drug-likeness (QED) is 0.777. The van der Waals surface area contributed by atoms with Gasteiger partial charge in [-0.2, -0.15) is 0 Å². The van der Waals surface area contributed by atoms with E-state index in [2.05, 4.69) is 16.0 Å². The Kier molecular flexibility index (Phi) is 4.04. The molecule has 1 aromatic carbocycles. The van der Waals surface area contributed by atoms with Gasteiger partial charge in [-0.05, 0) is 51.0 Å². The van der Waals surface area contributed by atoms with E-state index in [0.717, 1.165) is 12.8 Å². The Labute approximate surface area is 112 Å². The second-order valence-electron chi connectivity index (χ2n) is 5.08. The Bertz CT molecular complexity index is 464. The smallest absolute Gasteiger partial charge is 0.319 e. The number of benzene rings is 1. The number of anilines is 1. The molecule has 0 bridgehead atoms. The second-order valence-corrected chi connectivity index (χ2v) is 5.08. The molecule has 0 heterocycles. The first-order chi connectivity index (χ1) is 9.04. The maximum atomic E-state index is 11.8. The Balaban J connectivity index is 1.90. The van der Waals surface area contributed by atoms with Crippen LogP contribution in [0, 0.1) is 0 Å². The normalized spacial score (nSPS) is 14.1. The molecule has 5 nitrogen and oxygen atoms in total. The molecule has 0 aromatic heterocycles. The molecule has 0 atom stereocenters. The van der Waals surface area contributed by atoms with Crippen molar-refractivity contribution in [2.45, 2.75) is 38.8 Å². The van der Waals surface area contributed by atoms with Crippen molar-refractivity contribution < 1.29 is 9.59 Å². The number of carbonyl (C=O) groups excluding carboxylic acids is 2. The van der Waals surface area contributed by atoms with Crippen molar-refractivity contribution in [3.8, 4) is 0 Å². The van der Waals surface area contributed by atoms with E-state index in [9.17, 15) is 9.59 Å². The summed E-state index contributed by atoms with van der Waals surface area (Å²) in [5.41, 5.74) is 1.28. The zero-order valence-corrected chi connectivity index (χ0v) is 11.2. The minimum absolute atomic E-state index is 0.0549. The van der Waals surface area contributed by atoms with Crippen LogP contribution in [0.2, 0.25) is 0 Å². The predicted molar refractivity (Wildman–Crippen MR) is 74.2 cm³/mol. The van der Waals surface area contributed by atoms with Crippen molar-refractivity contribution in [1.82, 2.24) is 10.6 Å². The summed E-state index contributed by atoms with van der Waals surface area (Å²) in [6.07, 6.45) is 2.14. The van der Waals surface area contributed by atoms with Crippen LogP contribution in [0.25, 0.3) is 0 Å². The molecule has 3 amide bonds. The fourth-order valence-electron chi connectivity index (χ4n) is 1.63. The molecule has 19 heavy (non-hydrogen) atoms. The molecule has 2 rings (SSSR count). The summed E-state index contributed by atoms with van der Waals surface area (Å²) in [6, 6.07) is 7.06. The highest BCUT2D eigenvalue weighted by Crippen LogP contribution is 2.19. The summed E-state index contributed by atoms with van der Waals surface area (Å²) in [5, 5.41) is 8.36. The number of amides is 3. The number of rotatable bonds is 4. The lowest BCUT2D eigenvalue weighted by Gasteiger charge is -2.10. The molecule has 1 fully saturated rings. The van der Waals surface area contributed by atoms with Crippen molar-refractivity contribution in [3.63, 3.8) is 0 Å². The maximum absolute atomic E-state index is 11.8. The largest absolute Gasteiger partial charge is 0.349 e. The minimum Gasteiger partial charge on any atom is -0.349 e. The van der Waals surface area contributed by atoms with Gasteiger partial charge in [-0.1, -0.05) is 0 Å². The summed E-state index contributed by atoms with van der Waals surface area (Å²) in [4.78, 5) is 23.3. The molecule has 0 aliphatic heterocycles. The van der Waals surface area contributed by atoms with Gasteiger partial charge in [0.15, 0.2) is 0 Å². The summed E-state index contributed by atoms with van der Waals surface area (Å²) in [7, 11) is 0. The van der Waals surface area contributed by atoms with Crippen LogP contribution in [0.1, 0.15) is 37.0 Å². The number of hydrogen-bond acceptors (Lipinski definition) is 2. The van der Waals surface area contributed by atoms with Crippen molar-refractivity contribution in [2.24, 2.45) is 0 Å². The monoisotopic (exact) mass is 261 g/mol. The van der Waals surface area contributed by atoms with E-state index >= 15 is 0 Å². The molecular weight excluding hydrogens is 242 g/mol. The van der Waals surface area contributed by atoms with Crippen LogP contribution in [-0.4, -0.2) is 24.0 Å². The van der Waals surface area contributed by atoms with Crippen molar-refractivity contribution >= 4 is 17.6 Å². The van der Waals surface area contributed by atoms with Gasteiger partial charge in [0, 0.05) is 23.3 Å². The zero-order valence-electron chi connectivity index (χ0n) is 11.2. The molecule has 1 aliphatic carbocycles. The van der Waals surface area contributed by atoms with E-state index in [1.54, 1.807) is 24.3 Å². The Morgan fingerprint density at radius 3 is 2.32 bits per heavy atom. The average Bonchev–Trinajstić information content (AvgIpc) is 3.12. The van der Waals surface area contributed by atoms with Gasteiger partial charge in [0.2, 0.25) is 0 Å². The lowest BCUT2D eigenvalue weighted by Crippen LogP contribution is -2.34. The van der Waals surface area contributed by atoms with Crippen LogP contribution >= 0.6 is 0 Å². The summed E-state index contributed by atoms with van der Waals surface area (Å²) >= 11 is 0. The SMILES string of the molecule is CC(C)NC(=O)Nc1ccc(C(=O)NC2CC2)cc1. The maximum Gasteiger partial charge on any atom is 0.319 e. The highest BCUT2D eigenvalue weighted by atomic mass is 16.2. The molecule has 3 N–H and O–H groups in total. The van der Waals surface area contributed by atoms with E-state index in [1.807, 2.05) is 13.8 Å². The summed E-state index contributed by atoms with van der Waals surface area (Å²) < 4.78 is 0. The van der Waals surface area contributed by atoms with Crippen molar-refractivity contribution in [3.05, 3.63) is 29.8 Å². The predicted octanol–water partition coefficient (Wildman–Crippen LogP) is 2.11. The Hall–Kier alpha value is -2.04. The Morgan fingerprint density at radius 2 is 1.79 bits per heavy atom. The lowest BCUT2D eigenvalue weighted by molar-refractivity contribution is 0.0951. The topological polar surface area (TPSA) is 70.2 Å². The van der Waals surface area contributed by atoms with Crippen molar-refractivity contribution in [1.29, 1.82) is 0 Å². The third-order valence-corrected chi connectivity index (χ3v) is 2.74. The molecule has 0 saturated heterocycles. The summed E-state index contributed by atoms with van der Waals surface area (Å²) in [5.74, 6) is -0.0549. The highest BCUT2D eigenvalue weighted by molar-refractivity contribution is 5.95. The van der Waals surface area contributed by atoms with Gasteiger partial charge in [0.25, 0.3) is 5.91 Å². The minimum atomic E-state index is -0.245. The van der Waals surface area contributed by atoms with Gasteiger partial charge in [-0.15, -0.1) is 0 Å². The molecule has 1 saturated carbocycles. The van der Waals surface area contributed by atoms with Gasteiger partial charge in [0.05, 0.1) is 0 Å². The molecule has 0 radical (unpaired) electrons. The van der Waals surface area contributed by atoms with Gasteiger partial charge in [-0.3, -0.25) is 4.79 Å². The fraction of sp³-hybridized carbons (Fsp3) is 0.429. The highest BCUT2D eigenvalue weighted by Gasteiger charge is 2.23.